The summed E-state index contributed by atoms with van der Waals surface area (Å²) < 4.78 is 5.19. The van der Waals surface area contributed by atoms with Gasteiger partial charge in [-0.3, -0.25) is 9.59 Å². The van der Waals surface area contributed by atoms with E-state index in [1.54, 1.807) is 20.8 Å². The van der Waals surface area contributed by atoms with E-state index < -0.39 is 41.8 Å². The Labute approximate surface area is 208 Å². The molecule has 0 rings (SSSR count). The summed E-state index contributed by atoms with van der Waals surface area (Å²) in [5.74, 6) is -0.733. The van der Waals surface area contributed by atoms with Gasteiger partial charge < -0.3 is 32.2 Å². The van der Waals surface area contributed by atoms with Crippen molar-refractivity contribution in [1.29, 1.82) is 0 Å². The molecule has 0 aromatic heterocycles. The van der Waals surface area contributed by atoms with Crippen molar-refractivity contribution in [1.82, 2.24) is 21.4 Å². The number of unbranched alkanes of at least 4 members (excludes halogenated alkanes) is 1. The summed E-state index contributed by atoms with van der Waals surface area (Å²) in [7, 11) is 0. The molecule has 0 aromatic carbocycles. The van der Waals surface area contributed by atoms with E-state index in [4.69, 9.17) is 16.2 Å². The first-order valence-electron chi connectivity index (χ1n) is 12.0. The molecule has 0 aromatic rings. The molecule has 0 radical (unpaired) electrons. The van der Waals surface area contributed by atoms with Crippen LogP contribution < -0.4 is 32.8 Å². The Bertz CT molecular complexity index is 720. The van der Waals surface area contributed by atoms with E-state index in [-0.39, 0.29) is 17.7 Å². The topological polar surface area (TPSA) is 190 Å². The van der Waals surface area contributed by atoms with Crippen LogP contribution in [0.2, 0.25) is 0 Å². The second-order valence-electron chi connectivity index (χ2n) is 10.3. The lowest BCUT2D eigenvalue weighted by Crippen LogP contribution is -2.55. The zero-order valence-corrected chi connectivity index (χ0v) is 22.1. The third-order valence-corrected chi connectivity index (χ3v) is 4.68. The average molecular weight is 500 g/mol. The Kier molecular flexibility index (Phi) is 14.6. The van der Waals surface area contributed by atoms with Crippen LogP contribution in [0.15, 0.2) is 5.10 Å². The van der Waals surface area contributed by atoms with Crippen LogP contribution in [0.1, 0.15) is 74.1 Å². The summed E-state index contributed by atoms with van der Waals surface area (Å²) in [5, 5.41) is 12.0. The number of nitrogens with zero attached hydrogens (tertiary/aromatic N) is 1. The summed E-state index contributed by atoms with van der Waals surface area (Å²) in [4.78, 5) is 48.1. The highest BCUT2D eigenvalue weighted by molar-refractivity contribution is 5.91. The number of alkyl carbamates (subject to hydrolysis) is 1. The molecule has 0 aliphatic heterocycles. The predicted octanol–water partition coefficient (Wildman–Crippen LogP) is 1.33. The monoisotopic (exact) mass is 499 g/mol. The molecule has 0 heterocycles. The van der Waals surface area contributed by atoms with Gasteiger partial charge in [-0.15, -0.1) is 0 Å². The van der Waals surface area contributed by atoms with Gasteiger partial charge in [-0.25, -0.2) is 15.0 Å². The van der Waals surface area contributed by atoms with E-state index in [0.29, 0.717) is 32.2 Å². The van der Waals surface area contributed by atoms with Gasteiger partial charge >= 0.3 is 12.1 Å². The minimum atomic E-state index is -0.834. The summed E-state index contributed by atoms with van der Waals surface area (Å²) in [5.41, 5.74) is 12.5. The number of ether oxygens (including phenoxy) is 1. The fraction of sp³-hybridized carbons (Fsp3) is 0.783. The normalized spacial score (nSPS) is 14.3. The minimum absolute atomic E-state index is 0.190. The molecule has 0 fully saturated rings. The summed E-state index contributed by atoms with van der Waals surface area (Å²) in [6, 6.07) is -2.88. The molecule has 202 valence electrons. The number of primary amides is 1. The fourth-order valence-corrected chi connectivity index (χ4v) is 3.05. The Morgan fingerprint density at radius 2 is 1.63 bits per heavy atom. The fourth-order valence-electron chi connectivity index (χ4n) is 3.05. The Morgan fingerprint density at radius 3 is 2.14 bits per heavy atom. The Balaban J connectivity index is 5.00. The number of nitrogens with two attached hydrogens (primary N) is 2. The predicted molar refractivity (Wildman–Crippen MR) is 135 cm³/mol. The maximum Gasteiger partial charge on any atom is 0.407 e. The highest BCUT2D eigenvalue weighted by atomic mass is 16.6. The molecule has 0 spiro atoms. The van der Waals surface area contributed by atoms with Crippen LogP contribution in [0.25, 0.3) is 0 Å². The SMILES string of the molecule is CC(C)C[C@H](N)C(=O)N[C@H](C(=O)N[C@H](/C=N/NC(N)=O)CCCCNC(=O)OC(C)(C)C)C(C)C. The second-order valence-corrected chi connectivity index (χ2v) is 10.3. The van der Waals surface area contributed by atoms with Gasteiger partial charge in [0.05, 0.1) is 12.1 Å². The van der Waals surface area contributed by atoms with Crippen molar-refractivity contribution >= 4 is 30.2 Å². The van der Waals surface area contributed by atoms with E-state index in [0.717, 1.165) is 0 Å². The van der Waals surface area contributed by atoms with Crippen LogP contribution in [-0.2, 0) is 14.3 Å². The van der Waals surface area contributed by atoms with E-state index in [1.165, 1.54) is 6.21 Å². The number of urea groups is 1. The third kappa shape index (κ3) is 16.4. The number of rotatable bonds is 14. The number of hydrazone groups is 1. The standard InChI is InChI=1S/C23H45N7O5/c1-14(2)12-17(24)19(31)29-18(15(3)4)20(32)28-16(13-27-30-21(25)33)10-8-9-11-26-22(34)35-23(5,6)7/h13-18H,8-12,24H2,1-7H3,(H,26,34)(H,28,32)(H,29,31)(H3,25,30,33)/b27-13+/t16-,17-,18-/m0/s1. The minimum Gasteiger partial charge on any atom is -0.444 e. The van der Waals surface area contributed by atoms with E-state index in [2.05, 4.69) is 26.5 Å². The van der Waals surface area contributed by atoms with Crippen molar-refractivity contribution in [2.75, 3.05) is 6.54 Å². The van der Waals surface area contributed by atoms with E-state index in [9.17, 15) is 19.2 Å². The van der Waals surface area contributed by atoms with Gasteiger partial charge in [-0.1, -0.05) is 27.7 Å². The first-order valence-corrected chi connectivity index (χ1v) is 12.0. The van der Waals surface area contributed by atoms with Gasteiger partial charge in [0.1, 0.15) is 11.6 Å². The number of nitrogens with one attached hydrogen (secondary N) is 4. The molecule has 0 aliphatic rings. The van der Waals surface area contributed by atoms with Crippen molar-refractivity contribution in [3.63, 3.8) is 0 Å². The van der Waals surface area contributed by atoms with Gasteiger partial charge in [-0.05, 0) is 58.3 Å². The molecule has 35 heavy (non-hydrogen) atoms. The molecular weight excluding hydrogens is 454 g/mol. The lowest BCUT2D eigenvalue weighted by Gasteiger charge is -2.26. The Hall–Kier alpha value is -2.89. The summed E-state index contributed by atoms with van der Waals surface area (Å²) in [6.07, 6.45) is 3.09. The molecule has 0 saturated heterocycles. The zero-order chi connectivity index (χ0) is 27.2. The van der Waals surface area contributed by atoms with Crippen molar-refractivity contribution in [3.8, 4) is 0 Å². The van der Waals surface area contributed by atoms with Crippen molar-refractivity contribution in [2.24, 2.45) is 28.4 Å². The number of carbonyl (C=O) groups excluding carboxylic acids is 4. The molecule has 8 N–H and O–H groups in total. The molecular formula is C23H45N7O5. The van der Waals surface area contributed by atoms with Crippen molar-refractivity contribution in [3.05, 3.63) is 0 Å². The third-order valence-electron chi connectivity index (χ3n) is 4.68. The summed E-state index contributed by atoms with van der Waals surface area (Å²) >= 11 is 0. The van der Waals surface area contributed by atoms with Crippen LogP contribution in [0.5, 0.6) is 0 Å². The highest BCUT2D eigenvalue weighted by Crippen LogP contribution is 2.08. The average Bonchev–Trinajstić information content (AvgIpc) is 2.68. The van der Waals surface area contributed by atoms with Crippen LogP contribution >= 0.6 is 0 Å². The molecule has 0 unspecified atom stereocenters. The molecule has 12 heteroatoms. The highest BCUT2D eigenvalue weighted by Gasteiger charge is 2.28. The van der Waals surface area contributed by atoms with Gasteiger partial charge in [0.2, 0.25) is 11.8 Å². The van der Waals surface area contributed by atoms with Gasteiger partial charge in [0.25, 0.3) is 0 Å². The molecule has 5 amide bonds. The zero-order valence-electron chi connectivity index (χ0n) is 22.1. The van der Waals surface area contributed by atoms with Crippen LogP contribution in [0.4, 0.5) is 9.59 Å². The Morgan fingerprint density at radius 1 is 1.00 bits per heavy atom. The van der Waals surface area contributed by atoms with Crippen LogP contribution in [-0.4, -0.2) is 60.4 Å². The maximum atomic E-state index is 13.0. The quantitative estimate of drug-likeness (QED) is 0.119. The van der Waals surface area contributed by atoms with E-state index >= 15 is 0 Å². The molecule has 0 bridgehead atoms. The number of hydrogen-bond acceptors (Lipinski definition) is 7. The maximum absolute atomic E-state index is 13.0. The molecule has 3 atom stereocenters. The van der Waals surface area contributed by atoms with Gasteiger partial charge in [0.15, 0.2) is 0 Å². The lowest BCUT2D eigenvalue weighted by atomic mass is 10.00. The first kappa shape index (κ1) is 32.1. The van der Waals surface area contributed by atoms with Gasteiger partial charge in [0, 0.05) is 12.8 Å². The van der Waals surface area contributed by atoms with Gasteiger partial charge in [-0.2, -0.15) is 5.10 Å². The second kappa shape index (κ2) is 15.9. The first-order chi connectivity index (χ1) is 16.1. The molecule has 0 aliphatic carbocycles. The number of amides is 5. The largest absolute Gasteiger partial charge is 0.444 e. The molecule has 12 nitrogen and oxygen atoms in total. The summed E-state index contributed by atoms with van der Waals surface area (Å²) in [6.45, 7) is 13.3. The van der Waals surface area contributed by atoms with Crippen molar-refractivity contribution in [2.45, 2.75) is 97.9 Å². The van der Waals surface area contributed by atoms with Crippen LogP contribution in [0, 0.1) is 11.8 Å². The smallest absolute Gasteiger partial charge is 0.407 e. The number of hydrogen-bond donors (Lipinski definition) is 6. The number of carbonyl (C=O) groups is 4. The van der Waals surface area contributed by atoms with Crippen molar-refractivity contribution < 1.29 is 23.9 Å². The van der Waals surface area contributed by atoms with Crippen LogP contribution in [0.3, 0.4) is 0 Å². The van der Waals surface area contributed by atoms with E-state index in [1.807, 2.05) is 27.7 Å². The lowest BCUT2D eigenvalue weighted by molar-refractivity contribution is -0.131. The molecule has 0 saturated carbocycles.